The zero-order valence-electron chi connectivity index (χ0n) is 18.4. The summed E-state index contributed by atoms with van der Waals surface area (Å²) < 4.78 is 44.7. The van der Waals surface area contributed by atoms with E-state index in [4.69, 9.17) is 4.74 Å². The summed E-state index contributed by atoms with van der Waals surface area (Å²) in [7, 11) is 0. The second kappa shape index (κ2) is 8.81. The lowest BCUT2D eigenvalue weighted by molar-refractivity contribution is -0.138. The number of amides is 1. The number of ether oxygens (including phenoxy) is 1. The second-order valence-electron chi connectivity index (χ2n) is 8.89. The molecule has 0 bridgehead atoms. The summed E-state index contributed by atoms with van der Waals surface area (Å²) >= 11 is 0. The lowest BCUT2D eigenvalue weighted by atomic mass is 9.87. The number of halogens is 3. The van der Waals surface area contributed by atoms with Crippen LogP contribution in [0.3, 0.4) is 0 Å². The normalized spacial score (nSPS) is 16.2. The minimum Gasteiger partial charge on any atom is -0.481 e. The maximum absolute atomic E-state index is 13.0. The van der Waals surface area contributed by atoms with Crippen molar-refractivity contribution < 1.29 is 22.7 Å². The maximum Gasteiger partial charge on any atom is 0.416 e. The number of rotatable bonds is 4. The van der Waals surface area contributed by atoms with Gasteiger partial charge in [0, 0.05) is 31.9 Å². The van der Waals surface area contributed by atoms with E-state index >= 15 is 0 Å². The van der Waals surface area contributed by atoms with Gasteiger partial charge in [0.25, 0.3) is 5.91 Å². The fourth-order valence-electron chi connectivity index (χ4n) is 3.61. The van der Waals surface area contributed by atoms with Crippen LogP contribution in [0.4, 0.5) is 18.9 Å². The first kappa shape index (κ1) is 23.0. The van der Waals surface area contributed by atoms with Crippen LogP contribution in [0.2, 0.25) is 0 Å². The van der Waals surface area contributed by atoms with Gasteiger partial charge in [0.15, 0.2) is 6.10 Å². The number of piperazine rings is 1. The fourth-order valence-corrected chi connectivity index (χ4v) is 3.61. The summed E-state index contributed by atoms with van der Waals surface area (Å²) in [5, 5.41) is 0. The van der Waals surface area contributed by atoms with Crippen molar-refractivity contribution in [3.8, 4) is 5.75 Å². The Balaban J connectivity index is 1.56. The van der Waals surface area contributed by atoms with Gasteiger partial charge in [-0.05, 0) is 48.2 Å². The molecule has 1 saturated heterocycles. The van der Waals surface area contributed by atoms with Gasteiger partial charge in [-0.2, -0.15) is 13.2 Å². The smallest absolute Gasteiger partial charge is 0.416 e. The second-order valence-corrected chi connectivity index (χ2v) is 8.89. The highest BCUT2D eigenvalue weighted by Crippen LogP contribution is 2.32. The van der Waals surface area contributed by atoms with Gasteiger partial charge in [-0.25, -0.2) is 0 Å². The van der Waals surface area contributed by atoms with Crippen molar-refractivity contribution in [1.29, 1.82) is 0 Å². The molecule has 0 aliphatic carbocycles. The van der Waals surface area contributed by atoms with Gasteiger partial charge in [-0.1, -0.05) is 39.0 Å². The lowest BCUT2D eigenvalue weighted by Gasteiger charge is -2.37. The monoisotopic (exact) mass is 434 g/mol. The molecule has 1 heterocycles. The zero-order chi connectivity index (χ0) is 22.8. The van der Waals surface area contributed by atoms with E-state index in [0.717, 1.165) is 12.1 Å². The molecule has 1 fully saturated rings. The van der Waals surface area contributed by atoms with Crippen molar-refractivity contribution in [2.75, 3.05) is 31.1 Å². The van der Waals surface area contributed by atoms with Crippen LogP contribution < -0.4 is 9.64 Å². The Kier molecular flexibility index (Phi) is 6.53. The third-order valence-corrected chi connectivity index (χ3v) is 5.51. The molecule has 2 aromatic rings. The van der Waals surface area contributed by atoms with Crippen LogP contribution in [0, 0.1) is 0 Å². The summed E-state index contributed by atoms with van der Waals surface area (Å²) in [5.74, 6) is 0.514. The Hall–Kier alpha value is -2.70. The molecule has 1 amide bonds. The molecule has 3 rings (SSSR count). The van der Waals surface area contributed by atoms with E-state index in [2.05, 4.69) is 20.8 Å². The molecule has 0 N–H and O–H groups in total. The summed E-state index contributed by atoms with van der Waals surface area (Å²) in [4.78, 5) is 16.4. The highest BCUT2D eigenvalue weighted by molar-refractivity contribution is 5.81. The minimum atomic E-state index is -4.37. The molecule has 1 atom stereocenters. The number of anilines is 1. The van der Waals surface area contributed by atoms with Gasteiger partial charge in [-0.15, -0.1) is 0 Å². The zero-order valence-corrected chi connectivity index (χ0v) is 18.4. The molecular formula is C24H29F3N2O2. The van der Waals surface area contributed by atoms with Gasteiger partial charge in [0.1, 0.15) is 5.75 Å². The van der Waals surface area contributed by atoms with E-state index in [1.54, 1.807) is 17.9 Å². The molecule has 4 nitrogen and oxygen atoms in total. The quantitative estimate of drug-likeness (QED) is 0.670. The molecule has 0 aromatic heterocycles. The molecule has 0 radical (unpaired) electrons. The van der Waals surface area contributed by atoms with E-state index in [1.807, 2.05) is 29.2 Å². The Morgan fingerprint density at radius 3 is 2.10 bits per heavy atom. The highest BCUT2D eigenvalue weighted by Gasteiger charge is 2.31. The first-order chi connectivity index (χ1) is 14.4. The topological polar surface area (TPSA) is 32.8 Å². The number of hydrogen-bond donors (Lipinski definition) is 0. The standard InChI is InChI=1S/C24H29F3N2O2/c1-17(31-21-10-8-18(9-11-21)23(2,3)4)22(30)29-14-12-28(13-15-29)20-7-5-6-19(16-20)24(25,26)27/h5-11,16-17H,12-15H2,1-4H3. The number of hydrogen-bond acceptors (Lipinski definition) is 3. The van der Waals surface area contributed by atoms with E-state index < -0.39 is 17.8 Å². The van der Waals surface area contributed by atoms with Crippen LogP contribution in [0.15, 0.2) is 48.5 Å². The summed E-state index contributed by atoms with van der Waals surface area (Å²) in [5.41, 5.74) is 1.08. The highest BCUT2D eigenvalue weighted by atomic mass is 19.4. The molecule has 7 heteroatoms. The predicted molar refractivity (Wildman–Crippen MR) is 115 cm³/mol. The average molecular weight is 435 g/mol. The van der Waals surface area contributed by atoms with Crippen molar-refractivity contribution in [1.82, 2.24) is 4.90 Å². The Morgan fingerprint density at radius 2 is 1.55 bits per heavy atom. The van der Waals surface area contributed by atoms with Crippen LogP contribution in [0.1, 0.15) is 38.8 Å². The Morgan fingerprint density at radius 1 is 0.935 bits per heavy atom. The third kappa shape index (κ3) is 5.71. The largest absolute Gasteiger partial charge is 0.481 e. The van der Waals surface area contributed by atoms with Gasteiger partial charge in [-0.3, -0.25) is 4.79 Å². The van der Waals surface area contributed by atoms with Crippen LogP contribution in [0.5, 0.6) is 5.75 Å². The predicted octanol–water partition coefficient (Wildman–Crippen LogP) is 5.12. The third-order valence-electron chi connectivity index (χ3n) is 5.51. The Bertz CT molecular complexity index is 896. The number of nitrogens with zero attached hydrogens (tertiary/aromatic N) is 2. The lowest BCUT2D eigenvalue weighted by Crippen LogP contribution is -2.52. The van der Waals surface area contributed by atoms with Gasteiger partial charge < -0.3 is 14.5 Å². The van der Waals surface area contributed by atoms with E-state index in [1.165, 1.54) is 11.6 Å². The number of alkyl halides is 3. The molecule has 31 heavy (non-hydrogen) atoms. The van der Waals surface area contributed by atoms with E-state index in [-0.39, 0.29) is 11.3 Å². The maximum atomic E-state index is 13.0. The number of carbonyl (C=O) groups is 1. The van der Waals surface area contributed by atoms with E-state index in [0.29, 0.717) is 37.6 Å². The van der Waals surface area contributed by atoms with Gasteiger partial charge in [0.05, 0.1) is 5.56 Å². The first-order valence-electron chi connectivity index (χ1n) is 10.4. The van der Waals surface area contributed by atoms with Crippen molar-refractivity contribution >= 4 is 11.6 Å². The molecule has 2 aromatic carbocycles. The fraction of sp³-hybridized carbons (Fsp3) is 0.458. The van der Waals surface area contributed by atoms with Gasteiger partial charge >= 0.3 is 6.18 Å². The average Bonchev–Trinajstić information content (AvgIpc) is 2.72. The van der Waals surface area contributed by atoms with Crippen LogP contribution >= 0.6 is 0 Å². The molecule has 1 aliphatic rings. The van der Waals surface area contributed by atoms with Gasteiger partial charge in [0.2, 0.25) is 0 Å². The van der Waals surface area contributed by atoms with Crippen molar-refractivity contribution in [3.63, 3.8) is 0 Å². The SMILES string of the molecule is CC(Oc1ccc(C(C)(C)C)cc1)C(=O)N1CCN(c2cccc(C(F)(F)F)c2)CC1. The van der Waals surface area contributed by atoms with Crippen LogP contribution in [0.25, 0.3) is 0 Å². The molecule has 0 saturated carbocycles. The molecule has 168 valence electrons. The van der Waals surface area contributed by atoms with Crippen molar-refractivity contribution in [2.24, 2.45) is 0 Å². The molecular weight excluding hydrogens is 405 g/mol. The molecule has 1 unspecified atom stereocenters. The first-order valence-corrected chi connectivity index (χ1v) is 10.4. The number of carbonyl (C=O) groups excluding carboxylic acids is 1. The summed E-state index contributed by atoms with van der Waals surface area (Å²) in [6, 6.07) is 13.0. The Labute approximate surface area is 181 Å². The van der Waals surface area contributed by atoms with Crippen molar-refractivity contribution in [2.45, 2.75) is 45.4 Å². The van der Waals surface area contributed by atoms with E-state index in [9.17, 15) is 18.0 Å². The van der Waals surface area contributed by atoms with Crippen LogP contribution in [-0.4, -0.2) is 43.1 Å². The van der Waals surface area contributed by atoms with Crippen LogP contribution in [-0.2, 0) is 16.4 Å². The minimum absolute atomic E-state index is 0.0409. The molecule has 0 spiro atoms. The summed E-state index contributed by atoms with van der Waals surface area (Å²) in [6.45, 7) is 9.94. The number of benzene rings is 2. The van der Waals surface area contributed by atoms with Crippen molar-refractivity contribution in [3.05, 3.63) is 59.7 Å². The molecule has 1 aliphatic heterocycles. The summed E-state index contributed by atoms with van der Waals surface area (Å²) in [6.07, 6.45) is -5.01.